The lowest BCUT2D eigenvalue weighted by Crippen LogP contribution is -2.37. The smallest absolute Gasteiger partial charge is 0.178 e. The number of rotatable bonds is 3. The third-order valence-electron chi connectivity index (χ3n) is 3.03. The molecule has 0 spiro atoms. The topological polar surface area (TPSA) is 106 Å². The maximum absolute atomic E-state index is 9.83. The molecule has 0 bridgehead atoms. The average molecular weight is 247 g/mol. The van der Waals surface area contributed by atoms with Gasteiger partial charge in [-0.05, 0) is 18.9 Å². The van der Waals surface area contributed by atoms with Crippen LogP contribution in [-0.4, -0.2) is 37.3 Å². The fourth-order valence-corrected chi connectivity index (χ4v) is 1.88. The molecular formula is C11H13N5O2. The van der Waals surface area contributed by atoms with E-state index in [1.54, 1.807) is 12.3 Å². The van der Waals surface area contributed by atoms with E-state index in [9.17, 15) is 5.11 Å². The molecule has 94 valence electrons. The standard InChI is InChI=1S/C11H13N5O2/c17-11(6-1-2-6)15-9(16-18)7-3-4-12-10-8(7)13-5-14-10/h3-6,11,17-18H,1-2H2,(H,15,16)(H,12,13,14). The first-order valence-electron chi connectivity index (χ1n) is 5.74. The molecule has 4 N–H and O–H groups in total. The lowest BCUT2D eigenvalue weighted by Gasteiger charge is -2.14. The Labute approximate surface area is 103 Å². The molecule has 1 saturated carbocycles. The minimum absolute atomic E-state index is 0.214. The van der Waals surface area contributed by atoms with Crippen molar-refractivity contribution in [1.82, 2.24) is 20.3 Å². The highest BCUT2D eigenvalue weighted by molar-refractivity contribution is 6.06. The van der Waals surface area contributed by atoms with E-state index in [4.69, 9.17) is 5.21 Å². The predicted molar refractivity (Wildman–Crippen MR) is 64.1 cm³/mol. The minimum atomic E-state index is -0.693. The number of oxime groups is 1. The first kappa shape index (κ1) is 11.0. The summed E-state index contributed by atoms with van der Waals surface area (Å²) >= 11 is 0. The van der Waals surface area contributed by atoms with Gasteiger partial charge in [-0.2, -0.15) is 0 Å². The zero-order valence-electron chi connectivity index (χ0n) is 9.54. The number of imidazole rings is 1. The normalized spacial score (nSPS) is 17.9. The third kappa shape index (κ3) is 1.88. The van der Waals surface area contributed by atoms with Crippen molar-refractivity contribution in [3.05, 3.63) is 24.2 Å². The number of hydrogen-bond acceptors (Lipinski definition) is 5. The Bertz CT molecular complexity index is 590. The van der Waals surface area contributed by atoms with Crippen LogP contribution in [0.3, 0.4) is 0 Å². The minimum Gasteiger partial charge on any atom is -0.409 e. The molecule has 0 aromatic carbocycles. The Morgan fingerprint density at radius 2 is 2.33 bits per heavy atom. The van der Waals surface area contributed by atoms with Crippen molar-refractivity contribution in [2.24, 2.45) is 11.1 Å². The van der Waals surface area contributed by atoms with Gasteiger partial charge in [0.25, 0.3) is 0 Å². The molecule has 7 nitrogen and oxygen atoms in total. The van der Waals surface area contributed by atoms with Crippen LogP contribution in [0.1, 0.15) is 18.4 Å². The molecule has 18 heavy (non-hydrogen) atoms. The molecule has 1 fully saturated rings. The number of nitrogens with zero attached hydrogens (tertiary/aromatic N) is 3. The highest BCUT2D eigenvalue weighted by Crippen LogP contribution is 2.31. The average Bonchev–Trinajstić information content (AvgIpc) is 3.13. The van der Waals surface area contributed by atoms with Gasteiger partial charge in [-0.3, -0.25) is 0 Å². The Balaban J connectivity index is 1.93. The largest absolute Gasteiger partial charge is 0.409 e. The zero-order chi connectivity index (χ0) is 12.5. The number of pyridine rings is 1. The summed E-state index contributed by atoms with van der Waals surface area (Å²) in [7, 11) is 0. The van der Waals surface area contributed by atoms with Crippen LogP contribution >= 0.6 is 0 Å². The van der Waals surface area contributed by atoms with Crippen molar-refractivity contribution in [3.8, 4) is 0 Å². The molecule has 2 aromatic heterocycles. The number of aliphatic hydroxyl groups is 1. The van der Waals surface area contributed by atoms with Crippen LogP contribution in [-0.2, 0) is 0 Å². The third-order valence-corrected chi connectivity index (χ3v) is 3.03. The van der Waals surface area contributed by atoms with Crippen LogP contribution in [0.5, 0.6) is 0 Å². The molecule has 0 saturated heterocycles. The monoisotopic (exact) mass is 247 g/mol. The number of hydrogen-bond donors (Lipinski definition) is 4. The summed E-state index contributed by atoms with van der Waals surface area (Å²) in [5.41, 5.74) is 1.83. The SMILES string of the molecule is ON=C(NC(O)C1CC1)c1ccnc2nc[nH]c12. The number of amidine groups is 1. The second-order valence-corrected chi connectivity index (χ2v) is 4.33. The number of aromatic amines is 1. The van der Waals surface area contributed by atoms with Gasteiger partial charge in [0.2, 0.25) is 0 Å². The summed E-state index contributed by atoms with van der Waals surface area (Å²) in [6.45, 7) is 0. The Morgan fingerprint density at radius 3 is 3.06 bits per heavy atom. The molecule has 2 aromatic rings. The Morgan fingerprint density at radius 1 is 1.50 bits per heavy atom. The van der Waals surface area contributed by atoms with E-state index >= 15 is 0 Å². The Hall–Kier alpha value is -2.15. The summed E-state index contributed by atoms with van der Waals surface area (Å²) in [6.07, 6.45) is 4.38. The quantitative estimate of drug-likeness (QED) is 0.207. The summed E-state index contributed by atoms with van der Waals surface area (Å²) in [5.74, 6) is 0.451. The van der Waals surface area contributed by atoms with Crippen LogP contribution < -0.4 is 5.32 Å². The van der Waals surface area contributed by atoms with Crippen molar-refractivity contribution < 1.29 is 10.3 Å². The van der Waals surface area contributed by atoms with E-state index in [0.717, 1.165) is 12.8 Å². The van der Waals surface area contributed by atoms with Crippen LogP contribution in [0.2, 0.25) is 0 Å². The number of fused-ring (bicyclic) bond motifs is 1. The first-order valence-corrected chi connectivity index (χ1v) is 5.74. The van der Waals surface area contributed by atoms with E-state index in [1.807, 2.05) is 0 Å². The molecule has 7 heteroatoms. The molecule has 0 aliphatic heterocycles. The molecule has 1 atom stereocenters. The van der Waals surface area contributed by atoms with Crippen LogP contribution in [0, 0.1) is 5.92 Å². The van der Waals surface area contributed by atoms with Gasteiger partial charge in [0, 0.05) is 17.7 Å². The lowest BCUT2D eigenvalue weighted by atomic mass is 10.2. The van der Waals surface area contributed by atoms with Gasteiger partial charge in [0.05, 0.1) is 11.8 Å². The Kier molecular flexibility index (Phi) is 2.60. The van der Waals surface area contributed by atoms with E-state index < -0.39 is 6.23 Å². The fraction of sp³-hybridized carbons (Fsp3) is 0.364. The summed E-state index contributed by atoms with van der Waals surface area (Å²) in [5, 5.41) is 24.9. The fourth-order valence-electron chi connectivity index (χ4n) is 1.88. The maximum Gasteiger partial charge on any atom is 0.178 e. The van der Waals surface area contributed by atoms with Gasteiger partial charge in [-0.25, -0.2) is 9.97 Å². The predicted octanol–water partition coefficient (Wildman–Crippen LogP) is 0.412. The van der Waals surface area contributed by atoms with Gasteiger partial charge >= 0.3 is 0 Å². The number of nitrogens with one attached hydrogen (secondary N) is 2. The van der Waals surface area contributed by atoms with E-state index in [-0.39, 0.29) is 11.8 Å². The van der Waals surface area contributed by atoms with Gasteiger partial charge in [-0.15, -0.1) is 0 Å². The number of aliphatic hydroxyl groups excluding tert-OH is 1. The molecule has 1 aliphatic carbocycles. The van der Waals surface area contributed by atoms with Gasteiger partial charge in [0.15, 0.2) is 11.5 Å². The van der Waals surface area contributed by atoms with Crippen LogP contribution in [0.4, 0.5) is 0 Å². The van der Waals surface area contributed by atoms with Crippen LogP contribution in [0.25, 0.3) is 11.2 Å². The zero-order valence-corrected chi connectivity index (χ0v) is 9.54. The first-order chi connectivity index (χ1) is 8.79. The van der Waals surface area contributed by atoms with Gasteiger partial charge in [-0.1, -0.05) is 5.16 Å². The van der Waals surface area contributed by atoms with E-state index in [0.29, 0.717) is 16.7 Å². The molecule has 0 amide bonds. The van der Waals surface area contributed by atoms with Crippen molar-refractivity contribution in [2.75, 3.05) is 0 Å². The second kappa shape index (κ2) is 4.26. The van der Waals surface area contributed by atoms with Gasteiger partial charge < -0.3 is 20.6 Å². The molecular weight excluding hydrogens is 234 g/mol. The van der Waals surface area contributed by atoms with E-state index in [1.165, 1.54) is 6.33 Å². The molecule has 0 radical (unpaired) electrons. The maximum atomic E-state index is 9.83. The summed E-state index contributed by atoms with van der Waals surface area (Å²) in [6, 6.07) is 1.70. The number of aromatic nitrogens is 3. The summed E-state index contributed by atoms with van der Waals surface area (Å²) in [4.78, 5) is 11.0. The molecule has 3 rings (SSSR count). The summed E-state index contributed by atoms with van der Waals surface area (Å²) < 4.78 is 0. The van der Waals surface area contributed by atoms with Crippen molar-refractivity contribution in [1.29, 1.82) is 0 Å². The highest BCUT2D eigenvalue weighted by atomic mass is 16.4. The van der Waals surface area contributed by atoms with Crippen LogP contribution in [0.15, 0.2) is 23.7 Å². The van der Waals surface area contributed by atoms with Gasteiger partial charge in [0.1, 0.15) is 6.23 Å². The molecule has 1 aliphatic rings. The van der Waals surface area contributed by atoms with Crippen molar-refractivity contribution in [3.63, 3.8) is 0 Å². The lowest BCUT2D eigenvalue weighted by molar-refractivity contribution is 0.135. The molecule has 2 heterocycles. The number of H-pyrrole nitrogens is 1. The molecule has 1 unspecified atom stereocenters. The highest BCUT2D eigenvalue weighted by Gasteiger charge is 2.31. The second-order valence-electron chi connectivity index (χ2n) is 4.33. The van der Waals surface area contributed by atoms with E-state index in [2.05, 4.69) is 25.4 Å². The van der Waals surface area contributed by atoms with Crippen molar-refractivity contribution in [2.45, 2.75) is 19.1 Å². The van der Waals surface area contributed by atoms with Crippen molar-refractivity contribution >= 4 is 17.0 Å².